The third kappa shape index (κ3) is 7.14. The first-order valence-electron chi connectivity index (χ1n) is 14.2. The molecule has 220 valence electrons. The van der Waals surface area contributed by atoms with E-state index in [4.69, 9.17) is 5.11 Å². The molecule has 2 saturated carbocycles. The molecule has 0 saturated heterocycles. The SMILES string of the molecule is CC(C)(C)NS(=O)(=O)c1ccc(-c2[nH]c(C(=O)NC3CC(C(=O)O)C3)cc2CC2CCCCC2)cc1C(C)(C)O. The van der Waals surface area contributed by atoms with Crippen molar-refractivity contribution in [2.75, 3.05) is 0 Å². The Bertz CT molecular complexity index is 1350. The highest BCUT2D eigenvalue weighted by Crippen LogP contribution is 2.36. The van der Waals surface area contributed by atoms with Crippen LogP contribution in [0.5, 0.6) is 0 Å². The van der Waals surface area contributed by atoms with E-state index in [2.05, 4.69) is 15.0 Å². The summed E-state index contributed by atoms with van der Waals surface area (Å²) in [6.45, 7) is 8.40. The number of rotatable bonds is 9. The molecule has 0 bridgehead atoms. The van der Waals surface area contributed by atoms with Gasteiger partial charge in [-0.3, -0.25) is 9.59 Å². The van der Waals surface area contributed by atoms with Gasteiger partial charge in [0.15, 0.2) is 0 Å². The van der Waals surface area contributed by atoms with Crippen LogP contribution in [-0.2, 0) is 26.8 Å². The third-order valence-corrected chi connectivity index (χ3v) is 9.67. The number of benzene rings is 1. The zero-order valence-corrected chi connectivity index (χ0v) is 25.0. The Kier molecular flexibility index (Phi) is 8.55. The number of aromatic amines is 1. The lowest BCUT2D eigenvalue weighted by molar-refractivity contribution is -0.145. The molecule has 2 aromatic rings. The Labute approximate surface area is 237 Å². The molecule has 2 aliphatic rings. The van der Waals surface area contributed by atoms with Gasteiger partial charge < -0.3 is 20.5 Å². The van der Waals surface area contributed by atoms with Crippen molar-refractivity contribution in [3.8, 4) is 11.3 Å². The molecule has 0 spiro atoms. The van der Waals surface area contributed by atoms with Crippen LogP contribution in [0.15, 0.2) is 29.2 Å². The maximum Gasteiger partial charge on any atom is 0.306 e. The number of sulfonamides is 1. The molecule has 2 aliphatic carbocycles. The first kappa shape index (κ1) is 30.3. The summed E-state index contributed by atoms with van der Waals surface area (Å²) in [7, 11) is -3.92. The lowest BCUT2D eigenvalue weighted by Gasteiger charge is -2.32. The lowest BCUT2D eigenvalue weighted by Crippen LogP contribution is -2.46. The summed E-state index contributed by atoms with van der Waals surface area (Å²) in [5.41, 5.74) is 0.889. The number of carbonyl (C=O) groups excluding carboxylic acids is 1. The largest absolute Gasteiger partial charge is 0.481 e. The van der Waals surface area contributed by atoms with Crippen LogP contribution in [0.4, 0.5) is 0 Å². The summed E-state index contributed by atoms with van der Waals surface area (Å²) < 4.78 is 29.2. The van der Waals surface area contributed by atoms with E-state index in [9.17, 15) is 23.1 Å². The minimum absolute atomic E-state index is 0.00926. The number of hydrogen-bond acceptors (Lipinski definition) is 5. The number of hydrogen-bond donors (Lipinski definition) is 5. The summed E-state index contributed by atoms with van der Waals surface area (Å²) >= 11 is 0. The van der Waals surface area contributed by atoms with Gasteiger partial charge in [-0.25, -0.2) is 13.1 Å². The number of H-pyrrole nitrogens is 1. The molecular weight excluding hydrogens is 530 g/mol. The molecule has 1 heterocycles. The van der Waals surface area contributed by atoms with Crippen LogP contribution < -0.4 is 10.0 Å². The quantitative estimate of drug-likeness (QED) is 0.294. The number of aliphatic hydroxyl groups is 1. The van der Waals surface area contributed by atoms with Gasteiger partial charge >= 0.3 is 5.97 Å². The van der Waals surface area contributed by atoms with E-state index in [1.807, 2.05) is 6.07 Å². The van der Waals surface area contributed by atoms with E-state index in [0.717, 1.165) is 30.5 Å². The Morgan fingerprint density at radius 1 is 1.02 bits per heavy atom. The van der Waals surface area contributed by atoms with E-state index in [1.165, 1.54) is 25.3 Å². The van der Waals surface area contributed by atoms with Crippen LogP contribution in [0.2, 0.25) is 0 Å². The minimum atomic E-state index is -3.92. The minimum Gasteiger partial charge on any atom is -0.481 e. The molecule has 1 amide bonds. The van der Waals surface area contributed by atoms with Gasteiger partial charge in [-0.05, 0) is 89.1 Å². The molecular formula is C30H43N3O6S. The van der Waals surface area contributed by atoms with E-state index in [1.54, 1.807) is 46.8 Å². The molecule has 1 aromatic heterocycles. The maximum atomic E-state index is 13.3. The lowest BCUT2D eigenvalue weighted by atomic mass is 9.80. The highest BCUT2D eigenvalue weighted by Gasteiger charge is 2.36. The number of nitrogens with one attached hydrogen (secondary N) is 3. The summed E-state index contributed by atoms with van der Waals surface area (Å²) in [6, 6.07) is 6.61. The van der Waals surface area contributed by atoms with Crippen molar-refractivity contribution in [3.63, 3.8) is 0 Å². The molecule has 0 atom stereocenters. The van der Waals surface area contributed by atoms with E-state index in [0.29, 0.717) is 30.0 Å². The Morgan fingerprint density at radius 2 is 1.68 bits per heavy atom. The van der Waals surface area contributed by atoms with Crippen LogP contribution in [0.25, 0.3) is 11.3 Å². The molecule has 9 nitrogen and oxygen atoms in total. The first-order chi connectivity index (χ1) is 18.5. The second kappa shape index (κ2) is 11.3. The third-order valence-electron chi connectivity index (χ3n) is 7.86. The number of aromatic nitrogens is 1. The molecule has 5 N–H and O–H groups in total. The fraction of sp³-hybridized carbons (Fsp3) is 0.600. The number of carbonyl (C=O) groups is 2. The Balaban J connectivity index is 1.71. The Hall–Kier alpha value is -2.69. The predicted molar refractivity (Wildman–Crippen MR) is 153 cm³/mol. The average molecular weight is 574 g/mol. The van der Waals surface area contributed by atoms with Gasteiger partial charge in [-0.1, -0.05) is 38.2 Å². The van der Waals surface area contributed by atoms with Crippen molar-refractivity contribution >= 4 is 21.9 Å². The first-order valence-corrected chi connectivity index (χ1v) is 15.7. The van der Waals surface area contributed by atoms with Gasteiger partial charge in [0.05, 0.1) is 16.4 Å². The number of carboxylic acid groups (broad SMARTS) is 1. The maximum absolute atomic E-state index is 13.3. The van der Waals surface area contributed by atoms with Crippen molar-refractivity contribution < 1.29 is 28.2 Å². The van der Waals surface area contributed by atoms with Gasteiger partial charge in [0.2, 0.25) is 10.0 Å². The van der Waals surface area contributed by atoms with Crippen molar-refractivity contribution in [1.82, 2.24) is 15.0 Å². The normalized spacial score (nSPS) is 20.6. The predicted octanol–water partition coefficient (Wildman–Crippen LogP) is 4.70. The molecule has 0 radical (unpaired) electrons. The van der Waals surface area contributed by atoms with Gasteiger partial charge in [-0.15, -0.1) is 0 Å². The van der Waals surface area contributed by atoms with Crippen molar-refractivity contribution in [3.05, 3.63) is 41.1 Å². The van der Waals surface area contributed by atoms with Crippen molar-refractivity contribution in [2.45, 2.75) is 108 Å². The molecule has 0 unspecified atom stereocenters. The molecule has 2 fully saturated rings. The van der Waals surface area contributed by atoms with E-state index < -0.39 is 33.1 Å². The fourth-order valence-electron chi connectivity index (χ4n) is 5.80. The summed E-state index contributed by atoms with van der Waals surface area (Å²) in [5.74, 6) is -1.06. The summed E-state index contributed by atoms with van der Waals surface area (Å²) in [4.78, 5) is 27.6. The summed E-state index contributed by atoms with van der Waals surface area (Å²) in [5, 5.41) is 23.1. The average Bonchev–Trinajstić information content (AvgIpc) is 3.22. The zero-order valence-electron chi connectivity index (χ0n) is 24.1. The van der Waals surface area contributed by atoms with Gasteiger partial charge in [0.1, 0.15) is 5.69 Å². The van der Waals surface area contributed by atoms with E-state index in [-0.39, 0.29) is 22.4 Å². The zero-order chi connectivity index (χ0) is 29.5. The van der Waals surface area contributed by atoms with Crippen LogP contribution in [0.1, 0.15) is 101 Å². The van der Waals surface area contributed by atoms with Gasteiger partial charge in [0.25, 0.3) is 5.91 Å². The smallest absolute Gasteiger partial charge is 0.306 e. The number of amides is 1. The van der Waals surface area contributed by atoms with Gasteiger partial charge in [0, 0.05) is 22.8 Å². The van der Waals surface area contributed by atoms with Gasteiger partial charge in [-0.2, -0.15) is 0 Å². The second-order valence-corrected chi connectivity index (χ2v) is 14.7. The van der Waals surface area contributed by atoms with Crippen molar-refractivity contribution in [2.24, 2.45) is 11.8 Å². The van der Waals surface area contributed by atoms with Crippen LogP contribution in [0, 0.1) is 11.8 Å². The highest BCUT2D eigenvalue weighted by atomic mass is 32.2. The summed E-state index contributed by atoms with van der Waals surface area (Å²) in [6.07, 6.45) is 7.45. The highest BCUT2D eigenvalue weighted by molar-refractivity contribution is 7.89. The molecule has 1 aromatic carbocycles. The molecule has 0 aliphatic heterocycles. The number of aliphatic carboxylic acids is 1. The van der Waals surface area contributed by atoms with E-state index >= 15 is 0 Å². The van der Waals surface area contributed by atoms with Crippen LogP contribution >= 0.6 is 0 Å². The van der Waals surface area contributed by atoms with Crippen LogP contribution in [0.3, 0.4) is 0 Å². The molecule has 10 heteroatoms. The number of carboxylic acids is 1. The standard InChI is InChI=1S/C30H43N3O6S/c1-29(2,3)33-40(38,39)25-12-11-19(16-23(25)30(4,5)37)26-20(13-18-9-7-6-8-10-18)17-24(32-26)27(34)31-22-14-21(15-22)28(35)36/h11-12,16-18,21-22,32-33,37H,6-10,13-15H2,1-5H3,(H,31,34)(H,35,36). The topological polar surface area (TPSA) is 149 Å². The monoisotopic (exact) mass is 573 g/mol. The second-order valence-electron chi connectivity index (χ2n) is 13.1. The molecule has 4 rings (SSSR count). The van der Waals surface area contributed by atoms with Crippen LogP contribution in [-0.4, -0.2) is 47.1 Å². The molecule has 40 heavy (non-hydrogen) atoms. The fourth-order valence-corrected chi connectivity index (χ4v) is 7.56. The van der Waals surface area contributed by atoms with Crippen molar-refractivity contribution in [1.29, 1.82) is 0 Å². The Morgan fingerprint density at radius 3 is 2.25 bits per heavy atom.